The molecule has 3 rings (SSSR count). The van der Waals surface area contributed by atoms with Crippen molar-refractivity contribution in [3.05, 3.63) is 23.9 Å². The topological polar surface area (TPSA) is 57.4 Å². The Bertz CT molecular complexity index is 396. The fourth-order valence-electron chi connectivity index (χ4n) is 2.66. The fraction of sp³-hybridized carbons (Fsp3) is 0.615. The first kappa shape index (κ1) is 11.9. The van der Waals surface area contributed by atoms with Crippen LogP contribution >= 0.6 is 0 Å². The van der Waals surface area contributed by atoms with Crippen molar-refractivity contribution in [2.24, 2.45) is 5.84 Å². The zero-order valence-electron chi connectivity index (χ0n) is 10.7. The second-order valence-corrected chi connectivity index (χ2v) is 5.20. The number of nitrogens with two attached hydrogens (primary N) is 1. The predicted octanol–water partition coefficient (Wildman–Crippen LogP) is 0.647. The number of nitrogens with one attached hydrogen (secondary N) is 1. The Labute approximate surface area is 108 Å². The molecule has 5 nitrogen and oxygen atoms in total. The minimum atomic E-state index is 0.794. The predicted molar refractivity (Wildman–Crippen MR) is 71.9 cm³/mol. The summed E-state index contributed by atoms with van der Waals surface area (Å²) in [5.74, 6) is 6.28. The molecule has 1 aromatic heterocycles. The molecule has 1 aliphatic heterocycles. The molecule has 1 saturated carbocycles. The lowest BCUT2D eigenvalue weighted by molar-refractivity contribution is 0.121. The van der Waals surface area contributed by atoms with Gasteiger partial charge in [0.2, 0.25) is 0 Å². The molecule has 98 valence electrons. The maximum atomic E-state index is 5.49. The molecule has 3 N–H and O–H groups in total. The van der Waals surface area contributed by atoms with E-state index in [9.17, 15) is 0 Å². The van der Waals surface area contributed by atoms with Crippen molar-refractivity contribution in [1.82, 2.24) is 14.8 Å². The molecule has 2 heterocycles. The third kappa shape index (κ3) is 2.63. The summed E-state index contributed by atoms with van der Waals surface area (Å²) in [6.07, 6.45) is 4.58. The van der Waals surface area contributed by atoms with E-state index in [2.05, 4.69) is 26.3 Å². The van der Waals surface area contributed by atoms with Crippen molar-refractivity contribution < 1.29 is 0 Å². The van der Waals surface area contributed by atoms with E-state index >= 15 is 0 Å². The highest BCUT2D eigenvalue weighted by molar-refractivity contribution is 5.42. The van der Waals surface area contributed by atoms with Crippen LogP contribution in [0.2, 0.25) is 0 Å². The van der Waals surface area contributed by atoms with Gasteiger partial charge in [-0.05, 0) is 18.9 Å². The number of hydrogen-bond donors (Lipinski definition) is 2. The Balaban J connectivity index is 1.56. The van der Waals surface area contributed by atoms with E-state index in [4.69, 9.17) is 5.84 Å². The highest BCUT2D eigenvalue weighted by Gasteiger charge is 2.31. The number of pyridine rings is 1. The number of piperazine rings is 1. The molecular weight excluding hydrogens is 226 g/mol. The highest BCUT2D eigenvalue weighted by atomic mass is 15.3. The molecule has 2 aliphatic rings. The lowest BCUT2D eigenvalue weighted by atomic mass is 10.2. The van der Waals surface area contributed by atoms with Crippen molar-refractivity contribution in [3.63, 3.8) is 0 Å². The van der Waals surface area contributed by atoms with Crippen LogP contribution in [-0.2, 0) is 6.54 Å². The molecule has 1 aliphatic carbocycles. The molecule has 0 aromatic carbocycles. The zero-order valence-corrected chi connectivity index (χ0v) is 10.7. The molecule has 0 unspecified atom stereocenters. The molecule has 0 bridgehead atoms. The van der Waals surface area contributed by atoms with Gasteiger partial charge in [0.15, 0.2) is 0 Å². The van der Waals surface area contributed by atoms with Gasteiger partial charge < -0.3 is 5.43 Å². The number of nitrogens with zero attached hydrogens (tertiary/aromatic N) is 3. The number of nitrogen functional groups attached to an aromatic ring is 1. The monoisotopic (exact) mass is 247 g/mol. The first-order valence-corrected chi connectivity index (χ1v) is 6.74. The summed E-state index contributed by atoms with van der Waals surface area (Å²) in [7, 11) is 0. The molecule has 18 heavy (non-hydrogen) atoms. The number of aromatic nitrogens is 1. The van der Waals surface area contributed by atoms with Crippen molar-refractivity contribution >= 4 is 5.82 Å². The van der Waals surface area contributed by atoms with Crippen LogP contribution in [0.3, 0.4) is 0 Å². The Morgan fingerprint density at radius 3 is 2.72 bits per heavy atom. The van der Waals surface area contributed by atoms with E-state index in [1.807, 2.05) is 6.07 Å². The normalized spacial score (nSPS) is 22.1. The average molecular weight is 247 g/mol. The van der Waals surface area contributed by atoms with Crippen molar-refractivity contribution in [1.29, 1.82) is 0 Å². The number of anilines is 1. The summed E-state index contributed by atoms with van der Waals surface area (Å²) < 4.78 is 0. The van der Waals surface area contributed by atoms with E-state index in [1.165, 1.54) is 31.5 Å². The first-order chi connectivity index (χ1) is 8.86. The lowest BCUT2D eigenvalue weighted by Gasteiger charge is -2.34. The van der Waals surface area contributed by atoms with E-state index < -0.39 is 0 Å². The number of rotatable bonds is 4. The summed E-state index contributed by atoms with van der Waals surface area (Å²) in [5.41, 5.74) is 3.85. The molecule has 0 spiro atoms. The number of hydrazine groups is 1. The Kier molecular flexibility index (Phi) is 3.45. The van der Waals surface area contributed by atoms with Crippen molar-refractivity contribution in [2.45, 2.75) is 25.4 Å². The van der Waals surface area contributed by atoms with Crippen LogP contribution in [-0.4, -0.2) is 47.0 Å². The van der Waals surface area contributed by atoms with E-state index in [1.54, 1.807) is 6.20 Å². The smallest absolute Gasteiger partial charge is 0.144 e. The summed E-state index contributed by atoms with van der Waals surface area (Å²) >= 11 is 0. The van der Waals surface area contributed by atoms with Crippen LogP contribution in [0.4, 0.5) is 5.82 Å². The minimum absolute atomic E-state index is 0.794. The van der Waals surface area contributed by atoms with E-state index in [0.717, 1.165) is 31.5 Å². The Morgan fingerprint density at radius 1 is 1.28 bits per heavy atom. The number of hydrogen-bond acceptors (Lipinski definition) is 5. The Morgan fingerprint density at radius 2 is 2.06 bits per heavy atom. The van der Waals surface area contributed by atoms with Gasteiger partial charge in [-0.25, -0.2) is 10.8 Å². The average Bonchev–Trinajstić information content (AvgIpc) is 3.25. The largest absolute Gasteiger partial charge is 0.308 e. The summed E-state index contributed by atoms with van der Waals surface area (Å²) in [5, 5.41) is 0. The summed E-state index contributed by atoms with van der Waals surface area (Å²) in [4.78, 5) is 9.35. The van der Waals surface area contributed by atoms with Crippen LogP contribution in [0.25, 0.3) is 0 Å². The third-order valence-electron chi connectivity index (χ3n) is 3.89. The van der Waals surface area contributed by atoms with Gasteiger partial charge in [0, 0.05) is 50.5 Å². The molecular formula is C13H21N5. The molecule has 0 atom stereocenters. The fourth-order valence-corrected chi connectivity index (χ4v) is 2.66. The van der Waals surface area contributed by atoms with Gasteiger partial charge in [0.1, 0.15) is 5.82 Å². The SMILES string of the molecule is NNc1ncccc1CN1CCN(C2CC2)CC1. The van der Waals surface area contributed by atoms with Crippen LogP contribution in [0.15, 0.2) is 18.3 Å². The summed E-state index contributed by atoms with van der Waals surface area (Å²) in [6, 6.07) is 4.96. The second-order valence-electron chi connectivity index (χ2n) is 5.20. The van der Waals surface area contributed by atoms with Gasteiger partial charge >= 0.3 is 0 Å². The van der Waals surface area contributed by atoms with Crippen LogP contribution < -0.4 is 11.3 Å². The molecule has 1 saturated heterocycles. The maximum Gasteiger partial charge on any atom is 0.144 e. The van der Waals surface area contributed by atoms with Gasteiger partial charge in [-0.15, -0.1) is 0 Å². The third-order valence-corrected chi connectivity index (χ3v) is 3.89. The first-order valence-electron chi connectivity index (χ1n) is 6.74. The maximum absolute atomic E-state index is 5.49. The molecule has 1 aromatic rings. The lowest BCUT2D eigenvalue weighted by Crippen LogP contribution is -2.46. The molecule has 0 amide bonds. The van der Waals surface area contributed by atoms with Gasteiger partial charge in [-0.3, -0.25) is 9.80 Å². The van der Waals surface area contributed by atoms with Gasteiger partial charge in [-0.1, -0.05) is 6.07 Å². The van der Waals surface area contributed by atoms with Gasteiger partial charge in [0.05, 0.1) is 0 Å². The van der Waals surface area contributed by atoms with Crippen LogP contribution in [0.5, 0.6) is 0 Å². The van der Waals surface area contributed by atoms with Crippen molar-refractivity contribution in [3.8, 4) is 0 Å². The van der Waals surface area contributed by atoms with E-state index in [-0.39, 0.29) is 0 Å². The van der Waals surface area contributed by atoms with Crippen LogP contribution in [0, 0.1) is 0 Å². The van der Waals surface area contributed by atoms with Crippen LogP contribution in [0.1, 0.15) is 18.4 Å². The zero-order chi connectivity index (χ0) is 12.4. The quantitative estimate of drug-likeness (QED) is 0.604. The highest BCUT2D eigenvalue weighted by Crippen LogP contribution is 2.27. The molecule has 0 radical (unpaired) electrons. The second kappa shape index (κ2) is 5.22. The summed E-state index contributed by atoms with van der Waals surface area (Å²) in [6.45, 7) is 5.64. The van der Waals surface area contributed by atoms with Gasteiger partial charge in [-0.2, -0.15) is 0 Å². The van der Waals surface area contributed by atoms with E-state index in [0.29, 0.717) is 0 Å². The van der Waals surface area contributed by atoms with Crippen molar-refractivity contribution in [2.75, 3.05) is 31.6 Å². The minimum Gasteiger partial charge on any atom is -0.308 e. The molecule has 5 heteroatoms. The Hall–Kier alpha value is -1.17. The molecule has 2 fully saturated rings. The van der Waals surface area contributed by atoms with Gasteiger partial charge in [0.25, 0.3) is 0 Å². The standard InChI is InChI=1S/C13H21N5/c14-16-13-11(2-1-5-15-13)10-17-6-8-18(9-7-17)12-3-4-12/h1-2,5,12H,3-4,6-10,14H2,(H,15,16).